The minimum absolute atomic E-state index is 0.301. The van der Waals surface area contributed by atoms with Crippen molar-refractivity contribution in [2.45, 2.75) is 0 Å². The van der Waals surface area contributed by atoms with Crippen LogP contribution in [0, 0.1) is 10.1 Å². The number of benzene rings is 2. The van der Waals surface area contributed by atoms with Gasteiger partial charge in [-0.25, -0.2) is 4.98 Å². The number of nitro groups is 1. The smallest absolute Gasteiger partial charge is 0.310 e. The molecule has 19 heavy (non-hydrogen) atoms. The summed E-state index contributed by atoms with van der Waals surface area (Å²) in [4.78, 5) is 14.5. The molecule has 0 aliphatic rings. The van der Waals surface area contributed by atoms with Crippen LogP contribution in [0.5, 0.6) is 5.75 Å². The minimum Gasteiger partial charge on any atom is -0.502 e. The van der Waals surface area contributed by atoms with Crippen molar-refractivity contribution < 1.29 is 10.0 Å². The lowest BCUT2D eigenvalue weighted by Crippen LogP contribution is -1.88. The average molecular weight is 272 g/mol. The molecule has 0 spiro atoms. The zero-order chi connectivity index (χ0) is 13.4. The predicted octanol–water partition coefficient (Wildman–Crippen LogP) is 3.58. The highest BCUT2D eigenvalue weighted by Crippen LogP contribution is 2.34. The summed E-state index contributed by atoms with van der Waals surface area (Å²) < 4.78 is 1.04. The van der Waals surface area contributed by atoms with Gasteiger partial charge in [0.05, 0.1) is 15.1 Å². The molecular weight excluding hydrogens is 264 g/mol. The van der Waals surface area contributed by atoms with Gasteiger partial charge in [-0.15, -0.1) is 11.3 Å². The molecule has 3 rings (SSSR count). The van der Waals surface area contributed by atoms with Crippen LogP contribution >= 0.6 is 11.3 Å². The van der Waals surface area contributed by atoms with E-state index in [9.17, 15) is 15.2 Å². The van der Waals surface area contributed by atoms with Crippen LogP contribution in [0.2, 0.25) is 0 Å². The van der Waals surface area contributed by atoms with E-state index in [-0.39, 0.29) is 11.4 Å². The van der Waals surface area contributed by atoms with Crippen molar-refractivity contribution in [3.05, 3.63) is 52.6 Å². The molecule has 0 saturated carbocycles. The molecule has 0 unspecified atom stereocenters. The Morgan fingerprint density at radius 3 is 2.68 bits per heavy atom. The minimum atomic E-state index is -0.614. The molecule has 0 amide bonds. The molecule has 0 saturated heterocycles. The average Bonchev–Trinajstić information content (AvgIpc) is 2.81. The summed E-state index contributed by atoms with van der Waals surface area (Å²) in [6.45, 7) is 0. The van der Waals surface area contributed by atoms with Crippen LogP contribution in [0.1, 0.15) is 0 Å². The van der Waals surface area contributed by atoms with Gasteiger partial charge >= 0.3 is 5.69 Å². The van der Waals surface area contributed by atoms with Crippen molar-refractivity contribution in [2.75, 3.05) is 0 Å². The Labute approximate surface area is 111 Å². The first-order valence-electron chi connectivity index (χ1n) is 5.48. The highest BCUT2D eigenvalue weighted by atomic mass is 32.1. The zero-order valence-electron chi connectivity index (χ0n) is 9.61. The van der Waals surface area contributed by atoms with Crippen molar-refractivity contribution in [2.24, 2.45) is 0 Å². The second-order valence-electron chi connectivity index (χ2n) is 3.95. The van der Waals surface area contributed by atoms with E-state index in [1.165, 1.54) is 23.5 Å². The van der Waals surface area contributed by atoms with Gasteiger partial charge in [-0.1, -0.05) is 12.1 Å². The number of nitro benzene ring substituents is 1. The van der Waals surface area contributed by atoms with E-state index in [1.807, 2.05) is 24.3 Å². The highest BCUT2D eigenvalue weighted by molar-refractivity contribution is 7.21. The first-order valence-corrected chi connectivity index (χ1v) is 6.30. The summed E-state index contributed by atoms with van der Waals surface area (Å²) >= 11 is 1.48. The molecule has 1 N–H and O–H groups in total. The zero-order valence-corrected chi connectivity index (χ0v) is 10.4. The van der Waals surface area contributed by atoms with Gasteiger partial charge in [0.1, 0.15) is 5.01 Å². The molecule has 5 nitrogen and oxygen atoms in total. The Hall–Kier alpha value is -2.47. The summed E-state index contributed by atoms with van der Waals surface area (Å²) in [5.41, 5.74) is 1.24. The SMILES string of the molecule is O=[N+]([O-])c1ccc(-c2nc3ccccc3s2)cc1O. The lowest BCUT2D eigenvalue weighted by atomic mass is 10.2. The predicted molar refractivity (Wildman–Crippen MR) is 73.4 cm³/mol. The number of rotatable bonds is 2. The second-order valence-corrected chi connectivity index (χ2v) is 4.98. The van der Waals surface area contributed by atoms with Gasteiger partial charge in [0, 0.05) is 11.6 Å². The van der Waals surface area contributed by atoms with Gasteiger partial charge in [0.25, 0.3) is 0 Å². The Balaban J connectivity index is 2.11. The molecule has 6 heteroatoms. The molecule has 3 aromatic rings. The first-order chi connectivity index (χ1) is 9.15. The third-order valence-electron chi connectivity index (χ3n) is 2.71. The summed E-state index contributed by atoms with van der Waals surface area (Å²) in [5.74, 6) is -0.346. The lowest BCUT2D eigenvalue weighted by Gasteiger charge is -1.98. The molecule has 0 bridgehead atoms. The fraction of sp³-hybridized carbons (Fsp3) is 0. The Bertz CT molecular complexity index is 749. The Morgan fingerprint density at radius 1 is 1.21 bits per heavy atom. The van der Waals surface area contributed by atoms with E-state index in [0.29, 0.717) is 5.56 Å². The van der Waals surface area contributed by atoms with Gasteiger partial charge in [-0.05, 0) is 24.3 Å². The number of phenols is 1. The number of para-hydroxylation sites is 1. The van der Waals surface area contributed by atoms with Crippen LogP contribution < -0.4 is 0 Å². The standard InChI is InChI=1S/C13H8N2O3S/c16-11-7-8(5-6-10(11)15(17)18)13-14-9-3-1-2-4-12(9)19-13/h1-7,16H. The van der Waals surface area contributed by atoms with E-state index in [4.69, 9.17) is 0 Å². The van der Waals surface area contributed by atoms with Crippen molar-refractivity contribution in [1.29, 1.82) is 0 Å². The maximum Gasteiger partial charge on any atom is 0.310 e. The molecule has 0 radical (unpaired) electrons. The van der Waals surface area contributed by atoms with E-state index < -0.39 is 4.92 Å². The summed E-state index contributed by atoms with van der Waals surface area (Å²) in [6, 6.07) is 11.9. The molecule has 1 aromatic heterocycles. The van der Waals surface area contributed by atoms with E-state index in [0.717, 1.165) is 15.2 Å². The number of phenolic OH excluding ortho intramolecular Hbond substituents is 1. The van der Waals surface area contributed by atoms with Crippen LogP contribution in [0.3, 0.4) is 0 Å². The highest BCUT2D eigenvalue weighted by Gasteiger charge is 2.15. The lowest BCUT2D eigenvalue weighted by molar-refractivity contribution is -0.385. The van der Waals surface area contributed by atoms with Gasteiger partial charge in [0.2, 0.25) is 0 Å². The Morgan fingerprint density at radius 2 is 2.00 bits per heavy atom. The summed E-state index contributed by atoms with van der Waals surface area (Å²) in [5, 5.41) is 21.0. The Kier molecular flexibility index (Phi) is 2.64. The van der Waals surface area contributed by atoms with E-state index in [2.05, 4.69) is 4.98 Å². The van der Waals surface area contributed by atoms with Gasteiger partial charge in [0.15, 0.2) is 5.75 Å². The molecule has 0 aliphatic heterocycles. The maximum absolute atomic E-state index is 10.6. The van der Waals surface area contributed by atoms with Crippen LogP contribution in [-0.4, -0.2) is 15.0 Å². The quantitative estimate of drug-likeness (QED) is 0.571. The molecule has 0 aliphatic carbocycles. The first kappa shape index (κ1) is 11.6. The third kappa shape index (κ3) is 2.02. The molecule has 94 valence electrons. The largest absolute Gasteiger partial charge is 0.502 e. The third-order valence-corrected chi connectivity index (χ3v) is 3.80. The van der Waals surface area contributed by atoms with Crippen LogP contribution in [0.4, 0.5) is 5.69 Å². The van der Waals surface area contributed by atoms with Crippen LogP contribution in [0.15, 0.2) is 42.5 Å². The molecule has 0 fully saturated rings. The van der Waals surface area contributed by atoms with Crippen molar-refractivity contribution >= 4 is 27.2 Å². The topological polar surface area (TPSA) is 76.3 Å². The number of fused-ring (bicyclic) bond motifs is 1. The summed E-state index contributed by atoms with van der Waals surface area (Å²) in [7, 11) is 0. The number of hydrogen-bond donors (Lipinski definition) is 1. The number of thiazole rings is 1. The number of aromatic nitrogens is 1. The normalized spacial score (nSPS) is 10.7. The van der Waals surface area contributed by atoms with E-state index >= 15 is 0 Å². The van der Waals surface area contributed by atoms with Crippen LogP contribution in [0.25, 0.3) is 20.8 Å². The molecular formula is C13H8N2O3S. The fourth-order valence-corrected chi connectivity index (χ4v) is 2.77. The van der Waals surface area contributed by atoms with Crippen molar-refractivity contribution in [1.82, 2.24) is 4.98 Å². The number of aromatic hydroxyl groups is 1. The fourth-order valence-electron chi connectivity index (χ4n) is 1.81. The van der Waals surface area contributed by atoms with Gasteiger partial charge in [-0.2, -0.15) is 0 Å². The van der Waals surface area contributed by atoms with Crippen LogP contribution in [-0.2, 0) is 0 Å². The van der Waals surface area contributed by atoms with Crippen molar-refractivity contribution in [3.8, 4) is 16.3 Å². The number of hydrogen-bond acceptors (Lipinski definition) is 5. The maximum atomic E-state index is 10.6. The van der Waals surface area contributed by atoms with E-state index in [1.54, 1.807) is 6.07 Å². The van der Waals surface area contributed by atoms with Crippen molar-refractivity contribution in [3.63, 3.8) is 0 Å². The second kappa shape index (κ2) is 4.33. The molecule has 2 aromatic carbocycles. The molecule has 1 heterocycles. The number of nitrogens with zero attached hydrogens (tertiary/aromatic N) is 2. The van der Waals surface area contributed by atoms with Gasteiger partial charge in [-0.3, -0.25) is 10.1 Å². The summed E-state index contributed by atoms with van der Waals surface area (Å²) in [6.07, 6.45) is 0. The van der Waals surface area contributed by atoms with Gasteiger partial charge < -0.3 is 5.11 Å². The molecule has 0 atom stereocenters. The monoisotopic (exact) mass is 272 g/mol.